The molecule has 1 fully saturated rings. The van der Waals surface area contributed by atoms with Gasteiger partial charge in [0.15, 0.2) is 11.5 Å². The lowest BCUT2D eigenvalue weighted by Gasteiger charge is -2.12. The van der Waals surface area contributed by atoms with Crippen molar-refractivity contribution < 1.29 is 19.1 Å². The highest BCUT2D eigenvalue weighted by Crippen LogP contribution is 2.37. The van der Waals surface area contributed by atoms with Crippen LogP contribution in [0, 0.1) is 12.3 Å². The first-order valence-electron chi connectivity index (χ1n) is 5.73. The standard InChI is InChI=1S/C14H10BrNO4S/c1-3-4-20-12-8(5-9(15)7-10(12)19-2)6-11-13(17)16-14(18)21-11/h1,5-7H,4H2,2H3,(H,16,17,18)/b11-6+. The number of terminal acetylenes is 1. The van der Waals surface area contributed by atoms with Crippen molar-refractivity contribution in [3.05, 3.63) is 27.1 Å². The Morgan fingerprint density at radius 3 is 2.81 bits per heavy atom. The fourth-order valence-electron chi connectivity index (χ4n) is 1.68. The van der Waals surface area contributed by atoms with Gasteiger partial charge in [0.2, 0.25) is 0 Å². The molecule has 1 aliphatic rings. The number of hydrogen-bond acceptors (Lipinski definition) is 5. The molecule has 1 heterocycles. The van der Waals surface area contributed by atoms with Gasteiger partial charge in [-0.3, -0.25) is 14.9 Å². The van der Waals surface area contributed by atoms with Crippen LogP contribution in [0.1, 0.15) is 5.56 Å². The summed E-state index contributed by atoms with van der Waals surface area (Å²) in [5, 5.41) is 1.79. The third kappa shape index (κ3) is 3.60. The van der Waals surface area contributed by atoms with Crippen LogP contribution in [0.4, 0.5) is 4.79 Å². The molecular formula is C14H10BrNO4S. The third-order valence-corrected chi connectivity index (χ3v) is 3.77. The van der Waals surface area contributed by atoms with Gasteiger partial charge in [0.25, 0.3) is 11.1 Å². The fourth-order valence-corrected chi connectivity index (χ4v) is 2.81. The summed E-state index contributed by atoms with van der Waals surface area (Å²) >= 11 is 4.18. The molecule has 0 aliphatic carbocycles. The SMILES string of the molecule is C#CCOc1c(/C=C2/SC(=O)NC2=O)cc(Br)cc1OC. The van der Waals surface area contributed by atoms with Crippen molar-refractivity contribution >= 4 is 44.9 Å². The molecule has 1 aromatic carbocycles. The van der Waals surface area contributed by atoms with Gasteiger partial charge in [-0.15, -0.1) is 6.42 Å². The Morgan fingerprint density at radius 2 is 2.24 bits per heavy atom. The summed E-state index contributed by atoms with van der Waals surface area (Å²) in [4.78, 5) is 23.1. The minimum atomic E-state index is -0.438. The molecule has 0 unspecified atom stereocenters. The van der Waals surface area contributed by atoms with Crippen LogP contribution in [0.5, 0.6) is 11.5 Å². The molecule has 0 saturated carbocycles. The van der Waals surface area contributed by atoms with E-state index in [2.05, 4.69) is 27.2 Å². The molecule has 0 bridgehead atoms. The molecule has 21 heavy (non-hydrogen) atoms. The Bertz CT molecular complexity index is 678. The van der Waals surface area contributed by atoms with E-state index in [1.54, 1.807) is 18.2 Å². The van der Waals surface area contributed by atoms with Crippen molar-refractivity contribution in [1.29, 1.82) is 0 Å². The maximum absolute atomic E-state index is 11.6. The molecule has 1 aliphatic heterocycles. The van der Waals surface area contributed by atoms with Gasteiger partial charge in [-0.2, -0.15) is 0 Å². The Labute approximate surface area is 134 Å². The van der Waals surface area contributed by atoms with Crippen LogP contribution in [0.15, 0.2) is 21.5 Å². The number of methoxy groups -OCH3 is 1. The first-order chi connectivity index (χ1) is 10.0. The molecule has 108 valence electrons. The van der Waals surface area contributed by atoms with Crippen LogP contribution in [-0.4, -0.2) is 24.9 Å². The van der Waals surface area contributed by atoms with Gasteiger partial charge in [-0.05, 0) is 30.0 Å². The van der Waals surface area contributed by atoms with Crippen LogP contribution in [0.3, 0.4) is 0 Å². The number of rotatable bonds is 4. The van der Waals surface area contributed by atoms with Gasteiger partial charge >= 0.3 is 0 Å². The zero-order valence-corrected chi connectivity index (χ0v) is 13.3. The normalized spacial score (nSPS) is 15.8. The van der Waals surface area contributed by atoms with Gasteiger partial charge in [0.05, 0.1) is 12.0 Å². The minimum Gasteiger partial charge on any atom is -0.493 e. The quantitative estimate of drug-likeness (QED) is 0.654. The number of hydrogen-bond donors (Lipinski definition) is 1. The van der Waals surface area contributed by atoms with Crippen molar-refractivity contribution in [2.45, 2.75) is 0 Å². The van der Waals surface area contributed by atoms with E-state index in [1.165, 1.54) is 7.11 Å². The highest BCUT2D eigenvalue weighted by Gasteiger charge is 2.26. The minimum absolute atomic E-state index is 0.0619. The molecule has 2 rings (SSSR count). The van der Waals surface area contributed by atoms with E-state index in [0.29, 0.717) is 17.1 Å². The summed E-state index contributed by atoms with van der Waals surface area (Å²) in [6.07, 6.45) is 6.76. The molecule has 0 aromatic heterocycles. The van der Waals surface area contributed by atoms with Gasteiger partial charge in [-0.1, -0.05) is 21.9 Å². The number of benzene rings is 1. The number of nitrogens with one attached hydrogen (secondary N) is 1. The van der Waals surface area contributed by atoms with Crippen molar-refractivity contribution in [3.8, 4) is 23.8 Å². The van der Waals surface area contributed by atoms with Gasteiger partial charge in [0.1, 0.15) is 6.61 Å². The lowest BCUT2D eigenvalue weighted by atomic mass is 10.1. The van der Waals surface area contributed by atoms with E-state index in [-0.39, 0.29) is 11.5 Å². The van der Waals surface area contributed by atoms with Crippen molar-refractivity contribution in [1.82, 2.24) is 5.32 Å². The largest absolute Gasteiger partial charge is 0.493 e. The summed E-state index contributed by atoms with van der Waals surface area (Å²) in [7, 11) is 1.50. The summed E-state index contributed by atoms with van der Waals surface area (Å²) in [6.45, 7) is 0.0619. The zero-order valence-electron chi connectivity index (χ0n) is 10.9. The smallest absolute Gasteiger partial charge is 0.290 e. The second kappa shape index (κ2) is 6.70. The molecule has 0 spiro atoms. The van der Waals surface area contributed by atoms with Crippen LogP contribution in [-0.2, 0) is 4.79 Å². The topological polar surface area (TPSA) is 64.6 Å². The highest BCUT2D eigenvalue weighted by atomic mass is 79.9. The van der Waals surface area contributed by atoms with Crippen molar-refractivity contribution in [3.63, 3.8) is 0 Å². The lowest BCUT2D eigenvalue weighted by molar-refractivity contribution is -0.115. The highest BCUT2D eigenvalue weighted by molar-refractivity contribution is 9.10. The third-order valence-electron chi connectivity index (χ3n) is 2.50. The number of halogens is 1. The molecule has 0 atom stereocenters. The Balaban J connectivity index is 2.49. The summed E-state index contributed by atoms with van der Waals surface area (Å²) in [5.74, 6) is 2.82. The zero-order chi connectivity index (χ0) is 15.4. The average molecular weight is 368 g/mol. The Morgan fingerprint density at radius 1 is 1.48 bits per heavy atom. The molecule has 1 saturated heterocycles. The Hall–Kier alpha value is -1.91. The van der Waals surface area contributed by atoms with Crippen LogP contribution < -0.4 is 14.8 Å². The molecule has 1 N–H and O–H groups in total. The molecule has 7 heteroatoms. The molecule has 5 nitrogen and oxygen atoms in total. The van der Waals surface area contributed by atoms with Gasteiger partial charge < -0.3 is 9.47 Å². The molecule has 1 aromatic rings. The number of thioether (sulfide) groups is 1. The lowest BCUT2D eigenvalue weighted by Crippen LogP contribution is -2.17. The van der Waals surface area contributed by atoms with E-state index < -0.39 is 11.1 Å². The number of imide groups is 1. The number of ether oxygens (including phenoxy) is 2. The van der Waals surface area contributed by atoms with Crippen LogP contribution >= 0.6 is 27.7 Å². The van der Waals surface area contributed by atoms with E-state index in [9.17, 15) is 9.59 Å². The van der Waals surface area contributed by atoms with E-state index in [1.807, 2.05) is 0 Å². The molecule has 2 amide bonds. The number of amides is 2. The predicted octanol–water partition coefficient (Wildman–Crippen LogP) is 2.79. The van der Waals surface area contributed by atoms with Gasteiger partial charge in [0, 0.05) is 10.0 Å². The predicted molar refractivity (Wildman–Crippen MR) is 84.1 cm³/mol. The van der Waals surface area contributed by atoms with Crippen molar-refractivity contribution in [2.24, 2.45) is 0 Å². The summed E-state index contributed by atoms with van der Waals surface area (Å²) < 4.78 is 11.5. The summed E-state index contributed by atoms with van der Waals surface area (Å²) in [5.41, 5.74) is 0.587. The monoisotopic (exact) mass is 367 g/mol. The average Bonchev–Trinajstić information content (AvgIpc) is 2.75. The second-order valence-electron chi connectivity index (χ2n) is 3.87. The van der Waals surface area contributed by atoms with Crippen LogP contribution in [0.2, 0.25) is 0 Å². The van der Waals surface area contributed by atoms with Crippen LogP contribution in [0.25, 0.3) is 6.08 Å². The first kappa shape index (κ1) is 15.5. The number of carbonyl (C=O) groups excluding carboxylic acids is 2. The summed E-state index contributed by atoms with van der Waals surface area (Å²) in [6, 6.07) is 3.47. The second-order valence-corrected chi connectivity index (χ2v) is 5.80. The van der Waals surface area contributed by atoms with Gasteiger partial charge in [-0.25, -0.2) is 0 Å². The first-order valence-corrected chi connectivity index (χ1v) is 7.34. The van der Waals surface area contributed by atoms with E-state index in [0.717, 1.165) is 16.2 Å². The molecule has 0 radical (unpaired) electrons. The van der Waals surface area contributed by atoms with E-state index >= 15 is 0 Å². The fraction of sp³-hybridized carbons (Fsp3) is 0.143. The van der Waals surface area contributed by atoms with E-state index in [4.69, 9.17) is 15.9 Å². The Kier molecular flexibility index (Phi) is 4.94. The van der Waals surface area contributed by atoms with Crippen molar-refractivity contribution in [2.75, 3.05) is 13.7 Å². The number of carbonyl (C=O) groups is 2. The molecular weight excluding hydrogens is 358 g/mol. The maximum atomic E-state index is 11.6. The maximum Gasteiger partial charge on any atom is 0.290 e.